The molecule has 0 aromatic heterocycles. The van der Waals surface area contributed by atoms with Crippen LogP contribution in [0, 0.1) is 0 Å². The van der Waals surface area contributed by atoms with Crippen LogP contribution in [0.5, 0.6) is 0 Å². The summed E-state index contributed by atoms with van der Waals surface area (Å²) in [6, 6.07) is 0. The number of hydrogen-bond acceptors (Lipinski definition) is 3. The zero-order valence-corrected chi connectivity index (χ0v) is 9.05. The molecule has 1 saturated heterocycles. The maximum Gasteiger partial charge on any atom is 0.236 e. The van der Waals surface area contributed by atoms with Crippen molar-refractivity contribution in [2.75, 3.05) is 13.1 Å². The second-order valence-corrected chi connectivity index (χ2v) is 5.11. The van der Waals surface area contributed by atoms with Gasteiger partial charge in [-0.05, 0) is 25.7 Å². The van der Waals surface area contributed by atoms with Crippen molar-refractivity contribution in [2.45, 2.75) is 30.9 Å². The molecule has 2 rings (SSSR count). The summed E-state index contributed by atoms with van der Waals surface area (Å²) in [7, 11) is 0. The number of rotatable bonds is 1. The lowest BCUT2D eigenvalue weighted by atomic mass is 10.1. The Morgan fingerprint density at radius 2 is 2.14 bits per heavy atom. The Labute approximate surface area is 88.7 Å². The van der Waals surface area contributed by atoms with Crippen molar-refractivity contribution in [1.82, 2.24) is 4.90 Å². The molecule has 1 amide bonds. The Hall–Kier alpha value is -0.640. The van der Waals surface area contributed by atoms with E-state index in [1.54, 1.807) is 0 Å². The number of piperidine rings is 1. The molecule has 1 unspecified atom stereocenters. The minimum Gasteiger partial charge on any atom is -0.394 e. The fraction of sp³-hybridized carbons (Fsp3) is 0.700. The fourth-order valence-corrected chi connectivity index (χ4v) is 2.92. The highest BCUT2D eigenvalue weighted by Gasteiger charge is 2.28. The highest BCUT2D eigenvalue weighted by Crippen LogP contribution is 2.30. The van der Waals surface area contributed by atoms with Gasteiger partial charge in [0.15, 0.2) is 0 Å². The highest BCUT2D eigenvalue weighted by atomic mass is 32.2. The first-order valence-corrected chi connectivity index (χ1v) is 6.06. The van der Waals surface area contributed by atoms with E-state index in [9.17, 15) is 4.79 Å². The van der Waals surface area contributed by atoms with Gasteiger partial charge in [0, 0.05) is 13.1 Å². The van der Waals surface area contributed by atoms with Crippen LogP contribution in [0.3, 0.4) is 0 Å². The molecule has 1 atom stereocenters. The molecule has 0 saturated carbocycles. The third-order valence-corrected chi connectivity index (χ3v) is 3.87. The van der Waals surface area contributed by atoms with Crippen LogP contribution >= 0.6 is 11.8 Å². The molecule has 0 bridgehead atoms. The average molecular weight is 212 g/mol. The predicted octanol–water partition coefficient (Wildman–Crippen LogP) is 1.30. The van der Waals surface area contributed by atoms with Gasteiger partial charge in [0.25, 0.3) is 0 Å². The average Bonchev–Trinajstić information content (AvgIpc) is 2.65. The van der Waals surface area contributed by atoms with E-state index in [4.69, 9.17) is 5.73 Å². The monoisotopic (exact) mass is 212 g/mol. The van der Waals surface area contributed by atoms with Gasteiger partial charge in [0.2, 0.25) is 5.91 Å². The summed E-state index contributed by atoms with van der Waals surface area (Å²) in [5.41, 5.74) is 5.65. The quantitative estimate of drug-likeness (QED) is 0.712. The van der Waals surface area contributed by atoms with Crippen molar-refractivity contribution in [3.63, 3.8) is 0 Å². The van der Waals surface area contributed by atoms with E-state index in [1.165, 1.54) is 18.2 Å². The van der Waals surface area contributed by atoms with Crippen molar-refractivity contribution in [1.29, 1.82) is 0 Å². The van der Waals surface area contributed by atoms with Gasteiger partial charge < -0.3 is 10.6 Å². The molecule has 2 heterocycles. The molecule has 0 aromatic carbocycles. The topological polar surface area (TPSA) is 46.3 Å². The van der Waals surface area contributed by atoms with Crippen LogP contribution in [-0.2, 0) is 4.79 Å². The zero-order chi connectivity index (χ0) is 9.97. The molecule has 0 radical (unpaired) electrons. The molecular weight excluding hydrogens is 196 g/mol. The molecule has 78 valence electrons. The molecule has 2 aliphatic rings. The van der Waals surface area contributed by atoms with Gasteiger partial charge in [-0.1, -0.05) is 17.8 Å². The second kappa shape index (κ2) is 4.26. The SMILES string of the molecule is NC1=CCC(C(=O)N2CCCCC2)S1. The molecule has 0 aliphatic carbocycles. The molecule has 0 spiro atoms. The molecule has 0 aromatic rings. The number of amides is 1. The van der Waals surface area contributed by atoms with E-state index in [0.717, 1.165) is 37.4 Å². The molecule has 2 aliphatic heterocycles. The molecule has 1 fully saturated rings. The molecule has 4 heteroatoms. The normalized spacial score (nSPS) is 27.6. The van der Waals surface area contributed by atoms with Gasteiger partial charge in [-0.15, -0.1) is 0 Å². The summed E-state index contributed by atoms with van der Waals surface area (Å²) in [6.07, 6.45) is 6.35. The third-order valence-electron chi connectivity index (χ3n) is 2.75. The van der Waals surface area contributed by atoms with Crippen LogP contribution in [0.2, 0.25) is 0 Å². The Balaban J connectivity index is 1.88. The van der Waals surface area contributed by atoms with Crippen LogP contribution in [0.15, 0.2) is 11.1 Å². The summed E-state index contributed by atoms with van der Waals surface area (Å²) in [4.78, 5) is 14.0. The van der Waals surface area contributed by atoms with Crippen LogP contribution in [0.1, 0.15) is 25.7 Å². The second-order valence-electron chi connectivity index (χ2n) is 3.83. The van der Waals surface area contributed by atoms with E-state index < -0.39 is 0 Å². The lowest BCUT2D eigenvalue weighted by Crippen LogP contribution is -2.40. The van der Waals surface area contributed by atoms with Gasteiger partial charge in [-0.3, -0.25) is 4.79 Å². The Bertz CT molecular complexity index is 255. The van der Waals surface area contributed by atoms with Crippen molar-refractivity contribution in [2.24, 2.45) is 5.73 Å². The van der Waals surface area contributed by atoms with E-state index in [1.807, 2.05) is 11.0 Å². The lowest BCUT2D eigenvalue weighted by molar-refractivity contribution is -0.131. The first-order valence-electron chi connectivity index (χ1n) is 5.18. The number of nitrogens with two attached hydrogens (primary N) is 1. The maximum absolute atomic E-state index is 12.0. The van der Waals surface area contributed by atoms with E-state index in [2.05, 4.69) is 0 Å². The summed E-state index contributed by atoms with van der Waals surface area (Å²) >= 11 is 1.51. The zero-order valence-electron chi connectivity index (χ0n) is 8.24. The first-order chi connectivity index (χ1) is 6.77. The van der Waals surface area contributed by atoms with Crippen molar-refractivity contribution in [3.05, 3.63) is 11.1 Å². The van der Waals surface area contributed by atoms with Crippen LogP contribution in [-0.4, -0.2) is 29.1 Å². The van der Waals surface area contributed by atoms with Crippen molar-refractivity contribution >= 4 is 17.7 Å². The molecule has 3 nitrogen and oxygen atoms in total. The predicted molar refractivity (Wildman–Crippen MR) is 58.7 cm³/mol. The van der Waals surface area contributed by atoms with Gasteiger partial charge >= 0.3 is 0 Å². The number of hydrogen-bond donors (Lipinski definition) is 1. The molecule has 14 heavy (non-hydrogen) atoms. The third kappa shape index (κ3) is 2.05. The lowest BCUT2D eigenvalue weighted by Gasteiger charge is -2.28. The number of likely N-dealkylation sites (tertiary alicyclic amines) is 1. The van der Waals surface area contributed by atoms with Gasteiger partial charge in [0.1, 0.15) is 0 Å². The summed E-state index contributed by atoms with van der Waals surface area (Å²) in [5, 5.41) is 0.869. The Kier molecular flexibility index (Phi) is 3.01. The van der Waals surface area contributed by atoms with Gasteiger partial charge in [-0.2, -0.15) is 0 Å². The van der Waals surface area contributed by atoms with Crippen molar-refractivity contribution < 1.29 is 4.79 Å². The van der Waals surface area contributed by atoms with Crippen LogP contribution < -0.4 is 5.73 Å². The van der Waals surface area contributed by atoms with Gasteiger partial charge in [0.05, 0.1) is 10.3 Å². The van der Waals surface area contributed by atoms with Crippen molar-refractivity contribution in [3.8, 4) is 0 Å². The number of carbonyl (C=O) groups is 1. The smallest absolute Gasteiger partial charge is 0.236 e. The Morgan fingerprint density at radius 1 is 1.43 bits per heavy atom. The fourth-order valence-electron chi connectivity index (χ4n) is 1.95. The summed E-state index contributed by atoms with van der Waals surface area (Å²) in [6.45, 7) is 1.88. The standard InChI is InChI=1S/C10H16N2OS/c11-9-5-4-8(14-9)10(13)12-6-2-1-3-7-12/h5,8H,1-4,6-7,11H2. The van der Waals surface area contributed by atoms with E-state index in [0.29, 0.717) is 0 Å². The molecule has 2 N–H and O–H groups in total. The maximum atomic E-state index is 12.0. The number of allylic oxidation sites excluding steroid dienone is 1. The minimum atomic E-state index is 0.0631. The van der Waals surface area contributed by atoms with Crippen LogP contribution in [0.25, 0.3) is 0 Å². The number of thioether (sulfide) groups is 1. The highest BCUT2D eigenvalue weighted by molar-refractivity contribution is 8.04. The first kappa shape index (κ1) is 9.90. The van der Waals surface area contributed by atoms with Crippen LogP contribution in [0.4, 0.5) is 0 Å². The largest absolute Gasteiger partial charge is 0.394 e. The van der Waals surface area contributed by atoms with E-state index >= 15 is 0 Å². The Morgan fingerprint density at radius 3 is 2.71 bits per heavy atom. The summed E-state index contributed by atoms with van der Waals surface area (Å²) < 4.78 is 0. The van der Waals surface area contributed by atoms with E-state index in [-0.39, 0.29) is 11.2 Å². The number of nitrogens with zero attached hydrogens (tertiary/aromatic N) is 1. The minimum absolute atomic E-state index is 0.0631. The van der Waals surface area contributed by atoms with Gasteiger partial charge in [-0.25, -0.2) is 0 Å². The summed E-state index contributed by atoms with van der Waals surface area (Å²) in [5.74, 6) is 0.284. The molecular formula is C10H16N2OS. The number of carbonyl (C=O) groups excluding carboxylic acids is 1.